The molecule has 2 N–H and O–H groups in total. The third kappa shape index (κ3) is 2.16. The summed E-state index contributed by atoms with van der Waals surface area (Å²) in [5.41, 5.74) is 11.2. The molecule has 0 bridgehead atoms. The Kier molecular flexibility index (Phi) is 2.94. The third-order valence-corrected chi connectivity index (χ3v) is 4.52. The number of pyridine rings is 1. The number of aryl methyl sites for hydroxylation is 1. The minimum Gasteiger partial charge on any atom is -0.375 e. The van der Waals surface area contributed by atoms with Crippen LogP contribution in [0.2, 0.25) is 0 Å². The molecule has 4 aromatic rings. The van der Waals surface area contributed by atoms with Crippen LogP contribution in [-0.4, -0.2) is 14.4 Å². The molecular formula is C17H14N4S. The molecule has 0 radical (unpaired) electrons. The van der Waals surface area contributed by atoms with E-state index in [4.69, 9.17) is 5.73 Å². The lowest BCUT2D eigenvalue weighted by Gasteiger charge is -2.04. The van der Waals surface area contributed by atoms with Gasteiger partial charge in [0.25, 0.3) is 0 Å². The predicted octanol–water partition coefficient (Wildman–Crippen LogP) is 4.02. The number of thiazole rings is 1. The van der Waals surface area contributed by atoms with Crippen molar-refractivity contribution in [2.45, 2.75) is 6.92 Å². The van der Waals surface area contributed by atoms with Crippen molar-refractivity contribution in [3.05, 3.63) is 60.6 Å². The first-order valence-electron chi connectivity index (χ1n) is 6.97. The molecule has 3 heterocycles. The first kappa shape index (κ1) is 13.0. The molecule has 0 aliphatic heterocycles. The Morgan fingerprint density at radius 1 is 1.14 bits per heavy atom. The van der Waals surface area contributed by atoms with Crippen LogP contribution in [0.4, 0.5) is 5.13 Å². The molecule has 0 spiro atoms. The molecule has 0 aliphatic carbocycles. The van der Waals surface area contributed by atoms with Gasteiger partial charge in [0.15, 0.2) is 5.13 Å². The Morgan fingerprint density at radius 3 is 2.91 bits per heavy atom. The normalized spacial score (nSPS) is 11.1. The minimum absolute atomic E-state index is 0.581. The van der Waals surface area contributed by atoms with Crippen molar-refractivity contribution in [1.82, 2.24) is 14.4 Å². The van der Waals surface area contributed by atoms with Crippen LogP contribution in [0.5, 0.6) is 0 Å². The van der Waals surface area contributed by atoms with E-state index in [0.29, 0.717) is 5.13 Å². The van der Waals surface area contributed by atoms with Gasteiger partial charge in [0.05, 0.1) is 10.6 Å². The lowest BCUT2D eigenvalue weighted by atomic mass is 10.1. The van der Waals surface area contributed by atoms with Gasteiger partial charge in [-0.1, -0.05) is 35.1 Å². The fraction of sp³-hybridized carbons (Fsp3) is 0.0588. The Bertz CT molecular complexity index is 968. The molecule has 5 heteroatoms. The number of fused-ring (bicyclic) bond motifs is 1. The van der Waals surface area contributed by atoms with Gasteiger partial charge >= 0.3 is 0 Å². The number of anilines is 1. The van der Waals surface area contributed by atoms with Crippen LogP contribution < -0.4 is 5.73 Å². The highest BCUT2D eigenvalue weighted by molar-refractivity contribution is 7.19. The quantitative estimate of drug-likeness (QED) is 0.608. The molecular weight excluding hydrogens is 292 g/mol. The summed E-state index contributed by atoms with van der Waals surface area (Å²) in [4.78, 5) is 9.90. The number of hydrogen-bond acceptors (Lipinski definition) is 4. The second-order valence-corrected chi connectivity index (χ2v) is 6.24. The number of nitrogens with zero attached hydrogens (tertiary/aromatic N) is 3. The van der Waals surface area contributed by atoms with E-state index in [-0.39, 0.29) is 0 Å². The van der Waals surface area contributed by atoms with Gasteiger partial charge in [-0.15, -0.1) is 0 Å². The first-order chi connectivity index (χ1) is 10.7. The van der Waals surface area contributed by atoms with Crippen LogP contribution in [-0.2, 0) is 0 Å². The van der Waals surface area contributed by atoms with E-state index >= 15 is 0 Å². The maximum absolute atomic E-state index is 5.97. The van der Waals surface area contributed by atoms with Crippen LogP contribution in [0, 0.1) is 6.92 Å². The van der Waals surface area contributed by atoms with Crippen molar-refractivity contribution < 1.29 is 0 Å². The molecule has 4 nitrogen and oxygen atoms in total. The summed E-state index contributed by atoms with van der Waals surface area (Å²) >= 11 is 1.51. The van der Waals surface area contributed by atoms with Crippen LogP contribution in [0.25, 0.3) is 27.3 Å². The largest absolute Gasteiger partial charge is 0.375 e. The third-order valence-electron chi connectivity index (χ3n) is 3.59. The van der Waals surface area contributed by atoms with Crippen LogP contribution in [0.1, 0.15) is 5.56 Å². The summed E-state index contributed by atoms with van der Waals surface area (Å²) in [6.45, 7) is 2.08. The first-order valence-corrected chi connectivity index (χ1v) is 7.79. The van der Waals surface area contributed by atoms with E-state index in [1.54, 1.807) is 6.20 Å². The Balaban J connectivity index is 1.91. The second-order valence-electron chi connectivity index (χ2n) is 5.21. The topological polar surface area (TPSA) is 56.2 Å². The number of hydrogen-bond donors (Lipinski definition) is 1. The predicted molar refractivity (Wildman–Crippen MR) is 90.9 cm³/mol. The fourth-order valence-electron chi connectivity index (χ4n) is 2.57. The molecule has 0 unspecified atom stereocenters. The number of nitrogens with two attached hydrogens (primary N) is 1. The highest BCUT2D eigenvalue weighted by Gasteiger charge is 2.14. The second kappa shape index (κ2) is 4.96. The highest BCUT2D eigenvalue weighted by atomic mass is 32.1. The van der Waals surface area contributed by atoms with Crippen molar-refractivity contribution in [2.24, 2.45) is 0 Å². The lowest BCUT2D eigenvalue weighted by Crippen LogP contribution is -1.87. The minimum atomic E-state index is 0.581. The Labute approximate surface area is 131 Å². The zero-order valence-electron chi connectivity index (χ0n) is 12.0. The summed E-state index contributed by atoms with van der Waals surface area (Å²) in [7, 11) is 0. The maximum atomic E-state index is 5.97. The van der Waals surface area contributed by atoms with Gasteiger partial charge in [-0.3, -0.25) is 0 Å². The van der Waals surface area contributed by atoms with Crippen molar-refractivity contribution in [3.63, 3.8) is 0 Å². The Hall–Kier alpha value is -2.66. The number of benzene rings is 1. The number of rotatable bonds is 2. The molecule has 0 fully saturated rings. The van der Waals surface area contributed by atoms with E-state index < -0.39 is 0 Å². The average molecular weight is 306 g/mol. The highest BCUT2D eigenvalue weighted by Crippen LogP contribution is 2.38. The molecule has 4 rings (SSSR count). The Morgan fingerprint density at radius 2 is 2.05 bits per heavy atom. The monoisotopic (exact) mass is 306 g/mol. The van der Waals surface area contributed by atoms with Gasteiger partial charge in [-0.25, -0.2) is 9.97 Å². The zero-order valence-corrected chi connectivity index (χ0v) is 12.8. The SMILES string of the molecule is Cc1cccc(-c2nc(N)sc2-c2ccc3nccn3c2)c1. The summed E-state index contributed by atoms with van der Waals surface area (Å²) in [6.07, 6.45) is 5.80. The van der Waals surface area contributed by atoms with Gasteiger partial charge in [0, 0.05) is 29.7 Å². The fourth-order valence-corrected chi connectivity index (χ4v) is 3.42. The van der Waals surface area contributed by atoms with E-state index in [9.17, 15) is 0 Å². The molecule has 1 aromatic carbocycles. The molecule has 3 aromatic heterocycles. The summed E-state index contributed by atoms with van der Waals surface area (Å²) in [6, 6.07) is 12.4. The van der Waals surface area contributed by atoms with E-state index in [1.165, 1.54) is 16.9 Å². The van der Waals surface area contributed by atoms with Crippen LogP contribution >= 0.6 is 11.3 Å². The van der Waals surface area contributed by atoms with E-state index in [1.807, 2.05) is 22.7 Å². The molecule has 108 valence electrons. The average Bonchev–Trinajstić information content (AvgIpc) is 3.12. The molecule has 22 heavy (non-hydrogen) atoms. The summed E-state index contributed by atoms with van der Waals surface area (Å²) in [5.74, 6) is 0. The van der Waals surface area contributed by atoms with Crippen molar-refractivity contribution >= 4 is 22.1 Å². The molecule has 0 atom stereocenters. The van der Waals surface area contributed by atoms with Crippen LogP contribution in [0.15, 0.2) is 55.0 Å². The molecule has 0 amide bonds. The van der Waals surface area contributed by atoms with Crippen molar-refractivity contribution in [1.29, 1.82) is 0 Å². The molecule has 0 aliphatic rings. The maximum Gasteiger partial charge on any atom is 0.181 e. The van der Waals surface area contributed by atoms with Gasteiger partial charge in [0.1, 0.15) is 5.65 Å². The standard InChI is InChI=1S/C17H14N4S/c1-11-3-2-4-12(9-11)15-16(22-17(18)20-15)13-5-6-14-19-7-8-21(14)10-13/h2-10H,1H3,(H2,18,20). The summed E-state index contributed by atoms with van der Waals surface area (Å²) < 4.78 is 2.01. The number of imidazole rings is 1. The van der Waals surface area contributed by atoms with Gasteiger partial charge in [0.2, 0.25) is 0 Å². The number of nitrogen functional groups attached to an aromatic ring is 1. The van der Waals surface area contributed by atoms with E-state index in [0.717, 1.165) is 27.3 Å². The van der Waals surface area contributed by atoms with Gasteiger partial charge in [-0.2, -0.15) is 0 Å². The molecule has 0 saturated heterocycles. The van der Waals surface area contributed by atoms with Crippen molar-refractivity contribution in [3.8, 4) is 21.7 Å². The van der Waals surface area contributed by atoms with Gasteiger partial charge < -0.3 is 10.1 Å². The summed E-state index contributed by atoms with van der Waals surface area (Å²) in [5, 5.41) is 0.581. The van der Waals surface area contributed by atoms with Gasteiger partial charge in [-0.05, 0) is 25.1 Å². The zero-order chi connectivity index (χ0) is 15.1. The van der Waals surface area contributed by atoms with E-state index in [2.05, 4.69) is 47.4 Å². The smallest absolute Gasteiger partial charge is 0.181 e. The molecule has 0 saturated carbocycles. The number of aromatic nitrogens is 3. The van der Waals surface area contributed by atoms with Crippen LogP contribution in [0.3, 0.4) is 0 Å². The lowest BCUT2D eigenvalue weighted by molar-refractivity contribution is 1.19. The van der Waals surface area contributed by atoms with Crippen molar-refractivity contribution in [2.75, 3.05) is 5.73 Å².